The predicted octanol–water partition coefficient (Wildman–Crippen LogP) is 6.50. The Morgan fingerprint density at radius 2 is 1.53 bits per heavy atom. The van der Waals surface area contributed by atoms with Gasteiger partial charge >= 0.3 is 12.1 Å². The Balaban J connectivity index is 1.41. The number of ether oxygens (including phenoxy) is 1. The van der Waals surface area contributed by atoms with Gasteiger partial charge in [0.25, 0.3) is 5.91 Å². The van der Waals surface area contributed by atoms with E-state index in [1.807, 2.05) is 30.3 Å². The molecule has 0 atom stereocenters. The largest absolute Gasteiger partial charge is 0.508 e. The molecule has 0 aromatic heterocycles. The first kappa shape index (κ1) is 26.4. The monoisotopic (exact) mass is 523 g/mol. The highest BCUT2D eigenvalue weighted by molar-refractivity contribution is 5.94. The lowest BCUT2D eigenvalue weighted by atomic mass is 10.0. The summed E-state index contributed by atoms with van der Waals surface area (Å²) in [5.41, 5.74) is 1.14. The van der Waals surface area contributed by atoms with E-state index < -0.39 is 35.0 Å². The normalized spacial score (nSPS) is 11.2. The van der Waals surface area contributed by atoms with Crippen molar-refractivity contribution >= 4 is 11.9 Å². The zero-order chi connectivity index (χ0) is 27.3. The van der Waals surface area contributed by atoms with Gasteiger partial charge in [0.1, 0.15) is 18.2 Å². The van der Waals surface area contributed by atoms with Gasteiger partial charge in [-0.15, -0.1) is 0 Å². The number of amides is 1. The minimum atomic E-state index is -4.73. The Hall–Kier alpha value is -4.66. The highest BCUT2D eigenvalue weighted by atomic mass is 19.4. The predicted molar refractivity (Wildman–Crippen MR) is 132 cm³/mol. The van der Waals surface area contributed by atoms with Crippen LogP contribution in [0.4, 0.5) is 17.6 Å². The molecular formula is C29H21F4NO4. The van der Waals surface area contributed by atoms with Crippen LogP contribution in [-0.4, -0.2) is 17.0 Å². The van der Waals surface area contributed by atoms with Gasteiger partial charge in [0, 0.05) is 12.1 Å². The van der Waals surface area contributed by atoms with Crippen molar-refractivity contribution in [3.63, 3.8) is 0 Å². The number of rotatable bonds is 7. The fourth-order valence-electron chi connectivity index (χ4n) is 3.66. The number of phenols is 1. The lowest BCUT2D eigenvalue weighted by Gasteiger charge is -2.12. The number of carbonyl (C=O) groups is 2. The van der Waals surface area contributed by atoms with Crippen LogP contribution in [0.1, 0.15) is 37.4 Å². The van der Waals surface area contributed by atoms with Crippen molar-refractivity contribution in [2.75, 3.05) is 0 Å². The van der Waals surface area contributed by atoms with Crippen LogP contribution >= 0.6 is 0 Å². The van der Waals surface area contributed by atoms with Crippen LogP contribution in [0.25, 0.3) is 11.1 Å². The average Bonchev–Trinajstić information content (AvgIpc) is 2.91. The molecule has 0 aliphatic heterocycles. The maximum atomic E-state index is 14.1. The van der Waals surface area contributed by atoms with Crippen LogP contribution in [-0.2, 0) is 24.1 Å². The fraction of sp³-hybridized carbons (Fsp3) is 0.103. The molecule has 4 aromatic carbocycles. The maximum Gasteiger partial charge on any atom is 0.416 e. The molecule has 0 aliphatic rings. The van der Waals surface area contributed by atoms with Crippen molar-refractivity contribution in [1.82, 2.24) is 5.32 Å². The summed E-state index contributed by atoms with van der Waals surface area (Å²) in [4.78, 5) is 24.7. The van der Waals surface area contributed by atoms with Crippen molar-refractivity contribution in [3.05, 3.63) is 125 Å². The van der Waals surface area contributed by atoms with Crippen molar-refractivity contribution in [3.8, 4) is 16.9 Å². The molecule has 5 nitrogen and oxygen atoms in total. The third-order valence-corrected chi connectivity index (χ3v) is 5.73. The Bertz CT molecular complexity index is 1450. The lowest BCUT2D eigenvalue weighted by molar-refractivity contribution is -0.137. The van der Waals surface area contributed by atoms with Crippen LogP contribution in [0.5, 0.6) is 5.75 Å². The summed E-state index contributed by atoms with van der Waals surface area (Å²) in [6, 6.07) is 22.2. The molecular weight excluding hydrogens is 502 g/mol. The Morgan fingerprint density at radius 1 is 0.842 bits per heavy atom. The summed E-state index contributed by atoms with van der Waals surface area (Å²) in [6.45, 7) is -0.0618. The van der Waals surface area contributed by atoms with E-state index >= 15 is 0 Å². The minimum Gasteiger partial charge on any atom is -0.508 e. The van der Waals surface area contributed by atoms with E-state index in [0.717, 1.165) is 11.6 Å². The summed E-state index contributed by atoms with van der Waals surface area (Å²) < 4.78 is 57.6. The Morgan fingerprint density at radius 3 is 2.18 bits per heavy atom. The van der Waals surface area contributed by atoms with Gasteiger partial charge in [0.2, 0.25) is 0 Å². The number of esters is 1. The standard InChI is InChI=1S/C29H21F4NO4/c30-25-15-23(29(31,32)33)11-12-24(25)27(36)34-16-22-14-21(10-13-26(22)35)19-6-8-20(9-7-19)28(37)38-17-18-4-2-1-3-5-18/h1-15,35H,16-17H2,(H,34,36). The van der Waals surface area contributed by atoms with Gasteiger partial charge in [0.05, 0.1) is 16.7 Å². The van der Waals surface area contributed by atoms with Crippen molar-refractivity contribution in [2.24, 2.45) is 0 Å². The van der Waals surface area contributed by atoms with E-state index in [-0.39, 0.29) is 25.0 Å². The molecule has 1 amide bonds. The molecule has 4 rings (SSSR count). The molecule has 9 heteroatoms. The Labute approximate surface area is 215 Å². The molecule has 0 radical (unpaired) electrons. The Kier molecular flexibility index (Phi) is 7.76. The third kappa shape index (κ3) is 6.36. The van der Waals surface area contributed by atoms with Crippen molar-refractivity contribution < 1.29 is 37.0 Å². The summed E-state index contributed by atoms with van der Waals surface area (Å²) in [7, 11) is 0. The number of hydrogen-bond acceptors (Lipinski definition) is 4. The number of alkyl halides is 3. The van der Waals surface area contributed by atoms with Gasteiger partial charge in [-0.3, -0.25) is 4.79 Å². The second-order valence-electron chi connectivity index (χ2n) is 8.36. The van der Waals surface area contributed by atoms with Crippen LogP contribution in [0.3, 0.4) is 0 Å². The zero-order valence-electron chi connectivity index (χ0n) is 19.8. The van der Waals surface area contributed by atoms with Crippen molar-refractivity contribution in [1.29, 1.82) is 0 Å². The van der Waals surface area contributed by atoms with E-state index in [1.165, 1.54) is 6.07 Å². The van der Waals surface area contributed by atoms with Crippen molar-refractivity contribution in [2.45, 2.75) is 19.3 Å². The first-order chi connectivity index (χ1) is 18.1. The number of aromatic hydroxyl groups is 1. The summed E-state index contributed by atoms with van der Waals surface area (Å²) in [5.74, 6) is -2.86. The summed E-state index contributed by atoms with van der Waals surface area (Å²) in [6.07, 6.45) is -4.73. The van der Waals surface area contributed by atoms with Gasteiger partial charge in [-0.1, -0.05) is 48.5 Å². The van der Waals surface area contributed by atoms with Gasteiger partial charge in [-0.25, -0.2) is 9.18 Å². The SMILES string of the molecule is O=C(OCc1ccccc1)c1ccc(-c2ccc(O)c(CNC(=O)c3ccc(C(F)(F)F)cc3F)c2)cc1. The van der Waals surface area contributed by atoms with E-state index in [9.17, 15) is 32.3 Å². The molecule has 0 spiro atoms. The van der Waals surface area contributed by atoms with E-state index in [2.05, 4.69) is 5.32 Å². The number of carbonyl (C=O) groups excluding carboxylic acids is 2. The van der Waals surface area contributed by atoms with Crippen LogP contribution in [0.2, 0.25) is 0 Å². The van der Waals surface area contributed by atoms with Crippen LogP contribution in [0, 0.1) is 5.82 Å². The molecule has 0 bridgehead atoms. The molecule has 0 fully saturated rings. The molecule has 2 N–H and O–H groups in total. The number of halogens is 4. The van der Waals surface area contributed by atoms with Gasteiger partial charge in [-0.2, -0.15) is 13.2 Å². The second kappa shape index (κ2) is 11.2. The van der Waals surface area contributed by atoms with Crippen LogP contribution < -0.4 is 5.32 Å². The molecule has 0 unspecified atom stereocenters. The van der Waals surface area contributed by atoms with E-state index in [0.29, 0.717) is 28.3 Å². The molecule has 0 heterocycles. The fourth-order valence-corrected chi connectivity index (χ4v) is 3.66. The quantitative estimate of drug-likeness (QED) is 0.214. The first-order valence-electron chi connectivity index (χ1n) is 11.4. The highest BCUT2D eigenvalue weighted by Crippen LogP contribution is 2.30. The number of nitrogens with one attached hydrogen (secondary N) is 1. The number of hydrogen-bond donors (Lipinski definition) is 2. The average molecular weight is 523 g/mol. The molecule has 4 aromatic rings. The molecule has 0 aliphatic carbocycles. The molecule has 0 saturated heterocycles. The minimum absolute atomic E-state index is 0.136. The van der Waals surface area contributed by atoms with Crippen LogP contribution in [0.15, 0.2) is 91.0 Å². The van der Waals surface area contributed by atoms with Gasteiger partial charge in [0.15, 0.2) is 0 Å². The zero-order valence-corrected chi connectivity index (χ0v) is 19.8. The molecule has 194 valence electrons. The van der Waals surface area contributed by atoms with E-state index in [1.54, 1.807) is 36.4 Å². The van der Waals surface area contributed by atoms with Gasteiger partial charge < -0.3 is 15.2 Å². The smallest absolute Gasteiger partial charge is 0.416 e. The molecule has 38 heavy (non-hydrogen) atoms. The third-order valence-electron chi connectivity index (χ3n) is 5.73. The first-order valence-corrected chi connectivity index (χ1v) is 11.4. The second-order valence-corrected chi connectivity index (χ2v) is 8.36. The summed E-state index contributed by atoms with van der Waals surface area (Å²) >= 11 is 0. The molecule has 0 saturated carbocycles. The maximum absolute atomic E-state index is 14.1. The van der Waals surface area contributed by atoms with Gasteiger partial charge in [-0.05, 0) is 59.2 Å². The summed E-state index contributed by atoms with van der Waals surface area (Å²) in [5, 5.41) is 12.6. The number of benzene rings is 4. The van der Waals surface area contributed by atoms with E-state index in [4.69, 9.17) is 4.74 Å². The highest BCUT2D eigenvalue weighted by Gasteiger charge is 2.31. The lowest BCUT2D eigenvalue weighted by Crippen LogP contribution is -2.24. The number of phenolic OH excluding ortho intramolecular Hbond substituents is 1. The topological polar surface area (TPSA) is 75.6 Å².